The molecule has 30 heavy (non-hydrogen) atoms. The summed E-state index contributed by atoms with van der Waals surface area (Å²) in [6.45, 7) is 4.94. The topological polar surface area (TPSA) is 71.0 Å². The minimum Gasteiger partial charge on any atom is -0.342 e. The Bertz CT molecular complexity index is 1070. The summed E-state index contributed by atoms with van der Waals surface area (Å²) in [4.78, 5) is 27.5. The number of piperidine rings is 1. The first-order valence-corrected chi connectivity index (χ1v) is 10.1. The number of aromatic nitrogens is 3. The summed E-state index contributed by atoms with van der Waals surface area (Å²) >= 11 is 0. The van der Waals surface area contributed by atoms with Crippen molar-refractivity contribution in [2.45, 2.75) is 32.6 Å². The summed E-state index contributed by atoms with van der Waals surface area (Å²) in [6, 6.07) is 10.1. The second-order valence-electron chi connectivity index (χ2n) is 7.69. The molecule has 1 N–H and O–H groups in total. The summed E-state index contributed by atoms with van der Waals surface area (Å²) in [5.41, 5.74) is 3.28. The van der Waals surface area contributed by atoms with Crippen LogP contribution < -0.4 is 5.32 Å². The molecular weight excluding hydrogens is 381 g/mol. The van der Waals surface area contributed by atoms with Crippen molar-refractivity contribution in [3.8, 4) is 11.3 Å². The van der Waals surface area contributed by atoms with Gasteiger partial charge in [0.05, 0.1) is 5.69 Å². The number of likely N-dealkylation sites (tertiary alicyclic amines) is 1. The molecule has 0 aliphatic carbocycles. The number of nitrogens with zero attached hydrogens (tertiary/aromatic N) is 4. The Balaban J connectivity index is 1.73. The fourth-order valence-electron chi connectivity index (χ4n) is 3.74. The molecule has 4 rings (SSSR count). The van der Waals surface area contributed by atoms with E-state index in [1.807, 2.05) is 24.0 Å². The second-order valence-corrected chi connectivity index (χ2v) is 7.69. The second kappa shape index (κ2) is 8.57. The van der Waals surface area contributed by atoms with Gasteiger partial charge in [-0.15, -0.1) is 0 Å². The van der Waals surface area contributed by atoms with E-state index < -0.39 is 0 Å². The first-order valence-electron chi connectivity index (χ1n) is 10.1. The summed E-state index contributed by atoms with van der Waals surface area (Å²) in [6.07, 6.45) is 5.40. The SMILES string of the molecule is CC(=O)N1CCCC(c2nc(Nc3cccc(F)c3)cc(-c3cncc(C)c3)n2)C1. The molecule has 2 aromatic heterocycles. The average Bonchev–Trinajstić information content (AvgIpc) is 2.73. The Labute approximate surface area is 175 Å². The van der Waals surface area contributed by atoms with E-state index in [1.165, 1.54) is 12.1 Å². The zero-order valence-corrected chi connectivity index (χ0v) is 17.1. The highest BCUT2D eigenvalue weighted by molar-refractivity contribution is 5.73. The highest BCUT2D eigenvalue weighted by atomic mass is 19.1. The largest absolute Gasteiger partial charge is 0.342 e. The minimum absolute atomic E-state index is 0.0495. The minimum atomic E-state index is -0.318. The molecule has 0 saturated carbocycles. The van der Waals surface area contributed by atoms with Gasteiger partial charge in [-0.3, -0.25) is 9.78 Å². The van der Waals surface area contributed by atoms with Crippen molar-refractivity contribution < 1.29 is 9.18 Å². The average molecular weight is 405 g/mol. The monoisotopic (exact) mass is 405 g/mol. The van der Waals surface area contributed by atoms with Crippen molar-refractivity contribution in [3.63, 3.8) is 0 Å². The van der Waals surface area contributed by atoms with Crippen LogP contribution in [0.2, 0.25) is 0 Å². The van der Waals surface area contributed by atoms with Crippen LogP contribution in [-0.2, 0) is 4.79 Å². The number of aryl methyl sites for hydroxylation is 1. The van der Waals surface area contributed by atoms with Crippen molar-refractivity contribution in [2.24, 2.45) is 0 Å². The highest BCUT2D eigenvalue weighted by Crippen LogP contribution is 2.29. The van der Waals surface area contributed by atoms with Gasteiger partial charge in [0.15, 0.2) is 0 Å². The maximum Gasteiger partial charge on any atom is 0.219 e. The summed E-state index contributed by atoms with van der Waals surface area (Å²) < 4.78 is 13.6. The van der Waals surface area contributed by atoms with Crippen LogP contribution in [0.4, 0.5) is 15.9 Å². The lowest BCUT2D eigenvalue weighted by atomic mass is 9.96. The molecule has 3 heterocycles. The van der Waals surface area contributed by atoms with Crippen LogP contribution in [0, 0.1) is 12.7 Å². The van der Waals surface area contributed by atoms with Crippen molar-refractivity contribution in [1.29, 1.82) is 0 Å². The van der Waals surface area contributed by atoms with Gasteiger partial charge in [0, 0.05) is 55.6 Å². The first kappa shape index (κ1) is 19.9. The highest BCUT2D eigenvalue weighted by Gasteiger charge is 2.26. The third kappa shape index (κ3) is 4.62. The lowest BCUT2D eigenvalue weighted by Crippen LogP contribution is -2.38. The number of halogens is 1. The number of carbonyl (C=O) groups is 1. The predicted octanol–water partition coefficient (Wildman–Crippen LogP) is 4.46. The molecule has 1 aliphatic rings. The molecule has 0 bridgehead atoms. The lowest BCUT2D eigenvalue weighted by Gasteiger charge is -2.31. The van der Waals surface area contributed by atoms with Crippen molar-refractivity contribution in [3.05, 3.63) is 66.0 Å². The van der Waals surface area contributed by atoms with Gasteiger partial charge >= 0.3 is 0 Å². The number of benzene rings is 1. The van der Waals surface area contributed by atoms with E-state index in [0.717, 1.165) is 36.2 Å². The molecule has 1 aromatic carbocycles. The smallest absolute Gasteiger partial charge is 0.219 e. The number of carbonyl (C=O) groups excluding carboxylic acids is 1. The Morgan fingerprint density at radius 2 is 2.07 bits per heavy atom. The molecule has 0 radical (unpaired) electrons. The van der Waals surface area contributed by atoms with Crippen molar-refractivity contribution in [1.82, 2.24) is 19.9 Å². The maximum atomic E-state index is 13.6. The molecular formula is C23H24FN5O. The van der Waals surface area contributed by atoms with E-state index in [0.29, 0.717) is 23.9 Å². The van der Waals surface area contributed by atoms with Crippen molar-refractivity contribution in [2.75, 3.05) is 18.4 Å². The van der Waals surface area contributed by atoms with E-state index >= 15 is 0 Å². The standard InChI is InChI=1S/C23H24FN5O/c1-15-9-18(13-25-12-15)21-11-22(26-20-7-3-6-19(24)10-20)28-23(27-21)17-5-4-8-29(14-17)16(2)30/h3,6-7,9-13,17H,4-5,8,14H2,1-2H3,(H,26,27,28). The van der Waals surface area contributed by atoms with Gasteiger partial charge in [0.25, 0.3) is 0 Å². The molecule has 7 heteroatoms. The van der Waals surface area contributed by atoms with E-state index in [9.17, 15) is 9.18 Å². The number of amides is 1. The number of hydrogen-bond donors (Lipinski definition) is 1. The molecule has 6 nitrogen and oxygen atoms in total. The fraction of sp³-hybridized carbons (Fsp3) is 0.304. The molecule has 1 amide bonds. The van der Waals surface area contributed by atoms with Crippen LogP contribution in [0.3, 0.4) is 0 Å². The van der Waals surface area contributed by atoms with Gasteiger partial charge in [-0.2, -0.15) is 0 Å². The van der Waals surface area contributed by atoms with Crippen LogP contribution in [0.1, 0.15) is 37.1 Å². The van der Waals surface area contributed by atoms with Gasteiger partial charge in [0.2, 0.25) is 5.91 Å². The van der Waals surface area contributed by atoms with Gasteiger partial charge in [-0.25, -0.2) is 14.4 Å². The molecule has 154 valence electrons. The van der Waals surface area contributed by atoms with E-state index in [1.54, 1.807) is 31.5 Å². The summed E-state index contributed by atoms with van der Waals surface area (Å²) in [5, 5.41) is 3.19. The molecule has 1 saturated heterocycles. The third-order valence-electron chi connectivity index (χ3n) is 5.24. The summed E-state index contributed by atoms with van der Waals surface area (Å²) in [5.74, 6) is 1.06. The molecule has 0 spiro atoms. The fourth-order valence-corrected chi connectivity index (χ4v) is 3.74. The zero-order valence-electron chi connectivity index (χ0n) is 17.1. The van der Waals surface area contributed by atoms with Crippen LogP contribution in [0.5, 0.6) is 0 Å². The van der Waals surface area contributed by atoms with Crippen LogP contribution in [-0.4, -0.2) is 38.8 Å². The van der Waals surface area contributed by atoms with Gasteiger partial charge in [-0.05, 0) is 49.6 Å². The van der Waals surface area contributed by atoms with Gasteiger partial charge in [0.1, 0.15) is 17.5 Å². The third-order valence-corrected chi connectivity index (χ3v) is 5.24. The van der Waals surface area contributed by atoms with Gasteiger partial charge in [-0.1, -0.05) is 6.07 Å². The molecule has 1 unspecified atom stereocenters. The van der Waals surface area contributed by atoms with E-state index in [2.05, 4.69) is 10.3 Å². The number of anilines is 2. The maximum absolute atomic E-state index is 13.6. The van der Waals surface area contributed by atoms with Crippen LogP contribution >= 0.6 is 0 Å². The van der Waals surface area contributed by atoms with Crippen molar-refractivity contribution >= 4 is 17.4 Å². The molecule has 1 fully saturated rings. The first-order chi connectivity index (χ1) is 14.5. The number of nitrogens with one attached hydrogen (secondary N) is 1. The normalized spacial score (nSPS) is 16.4. The molecule has 3 aromatic rings. The van der Waals surface area contributed by atoms with E-state index in [-0.39, 0.29) is 17.6 Å². The number of pyridine rings is 1. The zero-order chi connectivity index (χ0) is 21.1. The van der Waals surface area contributed by atoms with Crippen LogP contribution in [0.15, 0.2) is 48.8 Å². The quantitative estimate of drug-likeness (QED) is 0.694. The number of hydrogen-bond acceptors (Lipinski definition) is 5. The van der Waals surface area contributed by atoms with Gasteiger partial charge < -0.3 is 10.2 Å². The molecule has 1 aliphatic heterocycles. The predicted molar refractivity (Wildman–Crippen MR) is 114 cm³/mol. The number of rotatable bonds is 4. The Morgan fingerprint density at radius 3 is 2.83 bits per heavy atom. The Kier molecular flexibility index (Phi) is 5.70. The Morgan fingerprint density at radius 1 is 1.20 bits per heavy atom. The molecule has 1 atom stereocenters. The van der Waals surface area contributed by atoms with Crippen LogP contribution in [0.25, 0.3) is 11.3 Å². The Hall–Kier alpha value is -3.35. The lowest BCUT2D eigenvalue weighted by molar-refractivity contribution is -0.130. The summed E-state index contributed by atoms with van der Waals surface area (Å²) in [7, 11) is 0. The van der Waals surface area contributed by atoms with E-state index in [4.69, 9.17) is 9.97 Å².